The third kappa shape index (κ3) is 4.61. The Kier molecular flexibility index (Phi) is 6.94. The molecule has 1 aliphatic heterocycles. The lowest BCUT2D eigenvalue weighted by molar-refractivity contribution is -0.126. The summed E-state index contributed by atoms with van der Waals surface area (Å²) in [5, 5.41) is 11.1. The maximum absolute atomic E-state index is 15.0. The minimum Gasteiger partial charge on any atom is -0.507 e. The topological polar surface area (TPSA) is 104 Å². The highest BCUT2D eigenvalue weighted by molar-refractivity contribution is 6.34. The van der Waals surface area contributed by atoms with Gasteiger partial charge < -0.3 is 14.9 Å². The van der Waals surface area contributed by atoms with E-state index in [1.54, 1.807) is 17.2 Å². The number of fused-ring (bicyclic) bond motifs is 2. The summed E-state index contributed by atoms with van der Waals surface area (Å²) >= 11 is 6.71. The van der Waals surface area contributed by atoms with Gasteiger partial charge in [0.25, 0.3) is 0 Å². The lowest BCUT2D eigenvalue weighted by atomic mass is 9.92. The summed E-state index contributed by atoms with van der Waals surface area (Å²) in [6.07, 6.45) is 6.59. The molecule has 0 spiro atoms. The zero-order valence-electron chi connectivity index (χ0n) is 22.5. The lowest BCUT2D eigenvalue weighted by Crippen LogP contribution is -2.54. The predicted octanol–water partition coefficient (Wildman–Crippen LogP) is 4.44. The molecule has 0 radical (unpaired) electrons. The number of rotatable bonds is 4. The molecule has 4 aromatic rings. The smallest absolute Gasteiger partial charge is 0.357 e. The number of aromatic hydroxyl groups is 1. The van der Waals surface area contributed by atoms with Crippen molar-refractivity contribution in [3.05, 3.63) is 81.6 Å². The molecule has 1 saturated heterocycles. The van der Waals surface area contributed by atoms with Crippen molar-refractivity contribution >= 4 is 34.4 Å². The number of benzene rings is 1. The van der Waals surface area contributed by atoms with Crippen LogP contribution in [0.25, 0.3) is 28.1 Å². The van der Waals surface area contributed by atoms with Gasteiger partial charge in [-0.1, -0.05) is 24.2 Å². The van der Waals surface area contributed by atoms with Crippen molar-refractivity contribution in [1.82, 2.24) is 24.4 Å². The standard InChI is InChI=1S/C30H28ClFN6O3/c1-3-24(40)36-13-14-37(17(2)16-36)28-20-15-21(31)26(25-22(32)9-6-10-23(25)39)34-29(20)38(30(41)35-28)27-19-8-5-4-7-18(19)11-12-33-27/h3,6,9-12,15,17,39H,1,4-5,7-8,13-14,16H2,2H3/t17-/m0/s1. The van der Waals surface area contributed by atoms with Gasteiger partial charge in [-0.3, -0.25) is 4.79 Å². The van der Waals surface area contributed by atoms with Crippen LogP contribution in [0.5, 0.6) is 5.75 Å². The number of phenolic OH excluding ortho intramolecular Hbond substituents is 1. The summed E-state index contributed by atoms with van der Waals surface area (Å²) in [6, 6.07) is 7.34. The third-order valence-corrected chi connectivity index (χ3v) is 8.17. The lowest BCUT2D eigenvalue weighted by Gasteiger charge is -2.40. The number of hydrogen-bond donors (Lipinski definition) is 1. The van der Waals surface area contributed by atoms with Crippen LogP contribution in [0.3, 0.4) is 0 Å². The van der Waals surface area contributed by atoms with E-state index in [4.69, 9.17) is 16.6 Å². The maximum atomic E-state index is 15.0. The van der Waals surface area contributed by atoms with E-state index in [0.29, 0.717) is 36.7 Å². The molecule has 1 amide bonds. The molecular weight excluding hydrogens is 547 g/mol. The molecule has 11 heteroatoms. The number of carbonyl (C=O) groups excluding carboxylic acids is 1. The van der Waals surface area contributed by atoms with E-state index in [-0.39, 0.29) is 39.6 Å². The van der Waals surface area contributed by atoms with Crippen molar-refractivity contribution in [3.63, 3.8) is 0 Å². The van der Waals surface area contributed by atoms with Crippen LogP contribution in [0.15, 0.2) is 54.0 Å². The van der Waals surface area contributed by atoms with Crippen LogP contribution >= 0.6 is 11.6 Å². The van der Waals surface area contributed by atoms with Crippen LogP contribution in [-0.4, -0.2) is 61.1 Å². The molecule has 0 saturated carbocycles. The number of pyridine rings is 2. The van der Waals surface area contributed by atoms with Crippen LogP contribution in [0.2, 0.25) is 5.02 Å². The van der Waals surface area contributed by atoms with Crippen molar-refractivity contribution < 1.29 is 14.3 Å². The highest BCUT2D eigenvalue weighted by Gasteiger charge is 2.31. The van der Waals surface area contributed by atoms with Crippen LogP contribution in [0.1, 0.15) is 30.9 Å². The zero-order valence-corrected chi connectivity index (χ0v) is 23.2. The van der Waals surface area contributed by atoms with Gasteiger partial charge in [0, 0.05) is 31.9 Å². The number of halogens is 2. The molecule has 1 N–H and O–H groups in total. The van der Waals surface area contributed by atoms with Gasteiger partial charge in [0.15, 0.2) is 5.65 Å². The van der Waals surface area contributed by atoms with Crippen molar-refractivity contribution in [2.75, 3.05) is 24.5 Å². The summed E-state index contributed by atoms with van der Waals surface area (Å²) in [6.45, 7) is 6.76. The van der Waals surface area contributed by atoms with Gasteiger partial charge in [-0.15, -0.1) is 0 Å². The fraction of sp³-hybridized carbons (Fsp3) is 0.300. The number of carbonyl (C=O) groups is 1. The molecule has 0 bridgehead atoms. The molecule has 1 aliphatic carbocycles. The van der Waals surface area contributed by atoms with Crippen LogP contribution in [0.4, 0.5) is 10.2 Å². The second-order valence-corrected chi connectivity index (χ2v) is 10.8. The van der Waals surface area contributed by atoms with Gasteiger partial charge >= 0.3 is 5.69 Å². The van der Waals surface area contributed by atoms with Crippen LogP contribution in [-0.2, 0) is 17.6 Å². The number of nitrogens with zero attached hydrogens (tertiary/aromatic N) is 6. The van der Waals surface area contributed by atoms with Crippen molar-refractivity contribution in [3.8, 4) is 22.8 Å². The average Bonchev–Trinajstić information content (AvgIpc) is 2.97. The van der Waals surface area contributed by atoms with Gasteiger partial charge in [-0.25, -0.2) is 23.7 Å². The van der Waals surface area contributed by atoms with E-state index < -0.39 is 11.5 Å². The normalized spacial score (nSPS) is 17.0. The Morgan fingerprint density at radius 1 is 1.17 bits per heavy atom. The maximum Gasteiger partial charge on any atom is 0.357 e. The predicted molar refractivity (Wildman–Crippen MR) is 155 cm³/mol. The largest absolute Gasteiger partial charge is 0.507 e. The number of phenols is 1. The molecule has 0 unspecified atom stereocenters. The van der Waals surface area contributed by atoms with E-state index >= 15 is 0 Å². The van der Waals surface area contributed by atoms with Crippen LogP contribution < -0.4 is 10.6 Å². The quantitative estimate of drug-likeness (QED) is 0.359. The molecule has 1 atom stereocenters. The molecule has 41 heavy (non-hydrogen) atoms. The van der Waals surface area contributed by atoms with Gasteiger partial charge in [-0.2, -0.15) is 4.98 Å². The summed E-state index contributed by atoms with van der Waals surface area (Å²) in [5.41, 5.74) is 1.51. The fourth-order valence-corrected chi connectivity index (χ4v) is 6.12. The summed E-state index contributed by atoms with van der Waals surface area (Å²) in [7, 11) is 0. The number of hydrogen-bond acceptors (Lipinski definition) is 7. The van der Waals surface area contributed by atoms with E-state index in [1.807, 2.05) is 17.9 Å². The Morgan fingerprint density at radius 3 is 2.73 bits per heavy atom. The van der Waals surface area contributed by atoms with Gasteiger partial charge in [-0.05, 0) is 74.1 Å². The number of piperazine rings is 1. The van der Waals surface area contributed by atoms with Gasteiger partial charge in [0.05, 0.1) is 21.7 Å². The number of amides is 1. The molecular formula is C30H28ClFN6O3. The van der Waals surface area contributed by atoms with E-state index in [2.05, 4.69) is 16.5 Å². The van der Waals surface area contributed by atoms with Crippen molar-refractivity contribution in [1.29, 1.82) is 0 Å². The monoisotopic (exact) mass is 574 g/mol. The molecule has 1 aromatic carbocycles. The molecule has 4 heterocycles. The summed E-state index contributed by atoms with van der Waals surface area (Å²) < 4.78 is 16.4. The minimum absolute atomic E-state index is 0.000636. The zero-order chi connectivity index (χ0) is 28.8. The van der Waals surface area contributed by atoms with E-state index in [1.165, 1.54) is 28.8 Å². The molecule has 9 nitrogen and oxygen atoms in total. The van der Waals surface area contributed by atoms with E-state index in [0.717, 1.165) is 36.8 Å². The highest BCUT2D eigenvalue weighted by atomic mass is 35.5. The molecule has 3 aromatic heterocycles. The first-order valence-corrected chi connectivity index (χ1v) is 13.9. The second kappa shape index (κ2) is 10.6. The summed E-state index contributed by atoms with van der Waals surface area (Å²) in [5.74, 6) is -0.390. The number of aryl methyl sites for hydroxylation is 1. The molecule has 6 rings (SSSR count). The first-order chi connectivity index (χ1) is 19.8. The SMILES string of the molecule is C=CC(=O)N1CCN(c2nc(=O)n(-c3nccc4c3CCCC4)c3nc(-c4c(O)cccc4F)c(Cl)cc23)[C@@H](C)C1. The highest BCUT2D eigenvalue weighted by Crippen LogP contribution is 2.39. The number of aromatic nitrogens is 4. The Balaban J connectivity index is 1.62. The Hall–Kier alpha value is -4.31. The molecule has 210 valence electrons. The van der Waals surface area contributed by atoms with Gasteiger partial charge in [0.1, 0.15) is 23.2 Å². The number of anilines is 1. The van der Waals surface area contributed by atoms with Gasteiger partial charge in [0.2, 0.25) is 5.91 Å². The first-order valence-electron chi connectivity index (χ1n) is 13.5. The third-order valence-electron chi connectivity index (χ3n) is 7.88. The summed E-state index contributed by atoms with van der Waals surface area (Å²) in [4.78, 5) is 43.6. The van der Waals surface area contributed by atoms with E-state index in [9.17, 15) is 19.1 Å². The van der Waals surface area contributed by atoms with Crippen molar-refractivity contribution in [2.45, 2.75) is 38.6 Å². The average molecular weight is 575 g/mol. The van der Waals surface area contributed by atoms with Crippen LogP contribution in [0, 0.1) is 5.82 Å². The Morgan fingerprint density at radius 2 is 1.98 bits per heavy atom. The second-order valence-electron chi connectivity index (χ2n) is 10.4. The first kappa shape index (κ1) is 26.9. The molecule has 1 fully saturated rings. The Bertz CT molecular complexity index is 1750. The Labute approximate surface area is 240 Å². The fourth-order valence-electron chi connectivity index (χ4n) is 5.88. The molecule has 2 aliphatic rings. The minimum atomic E-state index is -0.700. The van der Waals surface area contributed by atoms with Crippen molar-refractivity contribution in [2.24, 2.45) is 0 Å².